The molecule has 20 heavy (non-hydrogen) atoms. The summed E-state index contributed by atoms with van der Waals surface area (Å²) >= 11 is 0. The van der Waals surface area contributed by atoms with Crippen molar-refractivity contribution in [3.05, 3.63) is 29.8 Å². The van der Waals surface area contributed by atoms with Gasteiger partial charge >= 0.3 is 0 Å². The van der Waals surface area contributed by atoms with E-state index in [1.807, 2.05) is 18.2 Å². The summed E-state index contributed by atoms with van der Waals surface area (Å²) in [6, 6.07) is 8.54. The van der Waals surface area contributed by atoms with Gasteiger partial charge in [-0.05, 0) is 43.2 Å². The Kier molecular flexibility index (Phi) is 5.45. The van der Waals surface area contributed by atoms with Crippen molar-refractivity contribution in [1.82, 2.24) is 0 Å². The number of primary amides is 1. The lowest BCUT2D eigenvalue weighted by Crippen LogP contribution is -2.27. The molecule has 0 aliphatic heterocycles. The molecule has 1 aliphatic carbocycles. The Labute approximate surface area is 121 Å². The van der Waals surface area contributed by atoms with Crippen LogP contribution in [0.15, 0.2) is 24.3 Å². The fourth-order valence-electron chi connectivity index (χ4n) is 3.23. The summed E-state index contributed by atoms with van der Waals surface area (Å²) in [6.07, 6.45) is 8.08. The number of hydrogen-bond acceptors (Lipinski definition) is 2. The molecule has 1 aromatic rings. The third kappa shape index (κ3) is 4.26. The van der Waals surface area contributed by atoms with E-state index in [1.165, 1.54) is 38.5 Å². The second kappa shape index (κ2) is 7.32. The number of benzene rings is 1. The number of para-hydroxylation sites is 1. The van der Waals surface area contributed by atoms with Crippen LogP contribution in [0.3, 0.4) is 0 Å². The minimum absolute atomic E-state index is 0.272. The van der Waals surface area contributed by atoms with Gasteiger partial charge < -0.3 is 11.1 Å². The summed E-state index contributed by atoms with van der Waals surface area (Å²) in [7, 11) is 0. The Morgan fingerprint density at radius 1 is 1.25 bits per heavy atom. The maximum Gasteiger partial charge on any atom is 0.221 e. The number of hydrogen-bond donors (Lipinski definition) is 2. The number of rotatable bonds is 6. The highest BCUT2D eigenvalue weighted by Crippen LogP contribution is 2.30. The maximum atomic E-state index is 11.1. The number of carbonyl (C=O) groups is 1. The molecule has 0 heterocycles. The number of nitrogens with one attached hydrogen (secondary N) is 1. The lowest BCUT2D eigenvalue weighted by atomic mass is 9.83. The van der Waals surface area contributed by atoms with Gasteiger partial charge in [0, 0.05) is 11.7 Å². The molecule has 1 saturated carbocycles. The van der Waals surface area contributed by atoms with E-state index < -0.39 is 0 Å². The van der Waals surface area contributed by atoms with Crippen LogP contribution in [0.5, 0.6) is 0 Å². The van der Waals surface area contributed by atoms with Gasteiger partial charge in [0.1, 0.15) is 0 Å². The third-order valence-corrected chi connectivity index (χ3v) is 4.29. The maximum absolute atomic E-state index is 11.1. The Morgan fingerprint density at radius 2 is 1.95 bits per heavy atom. The van der Waals surface area contributed by atoms with Crippen LogP contribution in [0.25, 0.3) is 0 Å². The SMILES string of the molecule is CCCC1CCC(Nc2ccccc2CC(N)=O)CC1. The lowest BCUT2D eigenvalue weighted by Gasteiger charge is -2.30. The molecule has 3 nitrogen and oxygen atoms in total. The van der Waals surface area contributed by atoms with Crippen molar-refractivity contribution >= 4 is 11.6 Å². The molecule has 110 valence electrons. The van der Waals surface area contributed by atoms with Crippen LogP contribution in [0, 0.1) is 5.92 Å². The molecule has 1 fully saturated rings. The van der Waals surface area contributed by atoms with Gasteiger partial charge in [0.15, 0.2) is 0 Å². The van der Waals surface area contributed by atoms with E-state index in [1.54, 1.807) is 0 Å². The molecule has 0 atom stereocenters. The molecule has 3 heteroatoms. The molecule has 1 aliphatic rings. The van der Waals surface area contributed by atoms with Crippen LogP contribution in [-0.2, 0) is 11.2 Å². The van der Waals surface area contributed by atoms with E-state index in [0.29, 0.717) is 12.5 Å². The van der Waals surface area contributed by atoms with Crippen LogP contribution in [0.1, 0.15) is 51.0 Å². The van der Waals surface area contributed by atoms with Crippen LogP contribution >= 0.6 is 0 Å². The Hall–Kier alpha value is -1.51. The van der Waals surface area contributed by atoms with Crippen LogP contribution in [0.2, 0.25) is 0 Å². The topological polar surface area (TPSA) is 55.1 Å². The number of anilines is 1. The van der Waals surface area contributed by atoms with Crippen LogP contribution in [0.4, 0.5) is 5.69 Å². The smallest absolute Gasteiger partial charge is 0.221 e. The summed E-state index contributed by atoms with van der Waals surface area (Å²) < 4.78 is 0. The predicted octanol–water partition coefficient (Wildman–Crippen LogP) is 3.49. The highest BCUT2D eigenvalue weighted by Gasteiger charge is 2.21. The standard InChI is InChI=1S/C17H26N2O/c1-2-5-13-8-10-15(11-9-13)19-16-7-4-3-6-14(16)12-17(18)20/h3-4,6-7,13,15,19H,2,5,8-12H2,1H3,(H2,18,20). The predicted molar refractivity (Wildman–Crippen MR) is 83.6 cm³/mol. The zero-order valence-electron chi connectivity index (χ0n) is 12.4. The molecule has 0 radical (unpaired) electrons. The van der Waals surface area contributed by atoms with Crippen molar-refractivity contribution in [2.45, 2.75) is 57.9 Å². The molecular weight excluding hydrogens is 248 g/mol. The van der Waals surface area contributed by atoms with E-state index in [2.05, 4.69) is 18.3 Å². The first-order valence-corrected chi connectivity index (χ1v) is 7.81. The Balaban J connectivity index is 1.92. The zero-order valence-corrected chi connectivity index (χ0v) is 12.4. The number of carbonyl (C=O) groups excluding carboxylic acids is 1. The van der Waals surface area contributed by atoms with Gasteiger partial charge in [-0.2, -0.15) is 0 Å². The number of nitrogens with two attached hydrogens (primary N) is 1. The van der Waals surface area contributed by atoms with E-state index in [0.717, 1.165) is 17.2 Å². The first-order valence-electron chi connectivity index (χ1n) is 7.81. The van der Waals surface area contributed by atoms with Crippen LogP contribution < -0.4 is 11.1 Å². The minimum atomic E-state index is -0.272. The van der Waals surface area contributed by atoms with Gasteiger partial charge in [0.2, 0.25) is 5.91 Å². The second-order valence-corrected chi connectivity index (χ2v) is 5.95. The molecule has 2 rings (SSSR count). The van der Waals surface area contributed by atoms with Gasteiger partial charge in [-0.25, -0.2) is 0 Å². The lowest BCUT2D eigenvalue weighted by molar-refractivity contribution is -0.117. The molecule has 1 amide bonds. The Morgan fingerprint density at radius 3 is 2.60 bits per heavy atom. The summed E-state index contributed by atoms with van der Waals surface area (Å²) in [5, 5.41) is 3.61. The van der Waals surface area contributed by atoms with Gasteiger partial charge in [0.05, 0.1) is 6.42 Å². The van der Waals surface area contributed by atoms with Crippen molar-refractivity contribution in [2.75, 3.05) is 5.32 Å². The summed E-state index contributed by atoms with van der Waals surface area (Å²) in [5.41, 5.74) is 7.40. The first kappa shape index (κ1) is 14.9. The zero-order chi connectivity index (χ0) is 14.4. The highest BCUT2D eigenvalue weighted by molar-refractivity contribution is 5.78. The van der Waals surface area contributed by atoms with Crippen molar-refractivity contribution in [3.8, 4) is 0 Å². The van der Waals surface area contributed by atoms with Crippen LogP contribution in [-0.4, -0.2) is 11.9 Å². The monoisotopic (exact) mass is 274 g/mol. The van der Waals surface area contributed by atoms with Crippen molar-refractivity contribution in [2.24, 2.45) is 11.7 Å². The van der Waals surface area contributed by atoms with Crippen molar-refractivity contribution < 1.29 is 4.79 Å². The van der Waals surface area contributed by atoms with Gasteiger partial charge in [-0.1, -0.05) is 38.0 Å². The molecule has 1 aromatic carbocycles. The number of amides is 1. The second-order valence-electron chi connectivity index (χ2n) is 5.95. The minimum Gasteiger partial charge on any atom is -0.382 e. The van der Waals surface area contributed by atoms with Crippen molar-refractivity contribution in [1.29, 1.82) is 0 Å². The largest absolute Gasteiger partial charge is 0.382 e. The normalized spacial score (nSPS) is 22.4. The quantitative estimate of drug-likeness (QED) is 0.834. The first-order chi connectivity index (χ1) is 9.69. The summed E-state index contributed by atoms with van der Waals surface area (Å²) in [6.45, 7) is 2.27. The average molecular weight is 274 g/mol. The molecular formula is C17H26N2O. The van der Waals surface area contributed by atoms with Gasteiger partial charge in [-0.3, -0.25) is 4.79 Å². The van der Waals surface area contributed by atoms with E-state index in [-0.39, 0.29) is 5.91 Å². The Bertz CT molecular complexity index is 436. The molecule has 0 aromatic heterocycles. The highest BCUT2D eigenvalue weighted by atomic mass is 16.1. The summed E-state index contributed by atoms with van der Waals surface area (Å²) in [4.78, 5) is 11.1. The molecule has 3 N–H and O–H groups in total. The molecule has 0 unspecified atom stereocenters. The van der Waals surface area contributed by atoms with E-state index in [4.69, 9.17) is 5.73 Å². The molecule has 0 bridgehead atoms. The van der Waals surface area contributed by atoms with E-state index >= 15 is 0 Å². The van der Waals surface area contributed by atoms with Crippen molar-refractivity contribution in [3.63, 3.8) is 0 Å². The fourth-order valence-corrected chi connectivity index (χ4v) is 3.23. The summed E-state index contributed by atoms with van der Waals surface area (Å²) in [5.74, 6) is 0.643. The average Bonchev–Trinajstić information content (AvgIpc) is 2.43. The third-order valence-electron chi connectivity index (χ3n) is 4.29. The molecule has 0 saturated heterocycles. The van der Waals surface area contributed by atoms with E-state index in [9.17, 15) is 4.79 Å². The fraction of sp³-hybridized carbons (Fsp3) is 0.588. The molecule has 0 spiro atoms. The van der Waals surface area contributed by atoms with Gasteiger partial charge in [-0.15, -0.1) is 0 Å². The van der Waals surface area contributed by atoms with Gasteiger partial charge in [0.25, 0.3) is 0 Å².